The van der Waals surface area contributed by atoms with Gasteiger partial charge in [0.25, 0.3) is 0 Å². The summed E-state index contributed by atoms with van der Waals surface area (Å²) in [4.78, 5) is 8.78. The molecule has 1 aromatic heterocycles. The van der Waals surface area contributed by atoms with Crippen LogP contribution in [-0.4, -0.2) is 33.8 Å². The SMILES string of the molecule is CCNC(=NCc1ncnn1C)NCCC1CCCC(C)C1.I. The summed E-state index contributed by atoms with van der Waals surface area (Å²) in [7, 11) is 1.89. The number of rotatable bonds is 6. The fourth-order valence-electron chi connectivity index (χ4n) is 3.17. The lowest BCUT2D eigenvalue weighted by molar-refractivity contribution is 0.270. The lowest BCUT2D eigenvalue weighted by Crippen LogP contribution is -2.38. The number of nitrogens with one attached hydrogen (secondary N) is 2. The maximum Gasteiger partial charge on any atom is 0.191 e. The average Bonchev–Trinajstić information content (AvgIpc) is 2.90. The summed E-state index contributed by atoms with van der Waals surface area (Å²) in [6.07, 6.45) is 8.37. The third-order valence-electron chi connectivity index (χ3n) is 4.42. The Morgan fingerprint density at radius 3 is 2.87 bits per heavy atom. The van der Waals surface area contributed by atoms with Crippen LogP contribution in [0.15, 0.2) is 11.3 Å². The van der Waals surface area contributed by atoms with Crippen LogP contribution in [0.2, 0.25) is 0 Å². The molecule has 6 nitrogen and oxygen atoms in total. The second-order valence-corrected chi connectivity index (χ2v) is 6.35. The molecule has 0 saturated heterocycles. The van der Waals surface area contributed by atoms with Gasteiger partial charge in [-0.2, -0.15) is 5.10 Å². The molecular weight excluding hydrogens is 403 g/mol. The molecule has 2 N–H and O–H groups in total. The molecule has 1 aliphatic rings. The normalized spacial score (nSPS) is 21.6. The Bertz CT molecular complexity index is 473. The van der Waals surface area contributed by atoms with Gasteiger partial charge < -0.3 is 10.6 Å². The van der Waals surface area contributed by atoms with Gasteiger partial charge in [-0.05, 0) is 31.6 Å². The monoisotopic (exact) mass is 434 g/mol. The van der Waals surface area contributed by atoms with Gasteiger partial charge in [0.05, 0.1) is 0 Å². The third kappa shape index (κ3) is 7.05. The van der Waals surface area contributed by atoms with E-state index in [9.17, 15) is 0 Å². The van der Waals surface area contributed by atoms with Crippen molar-refractivity contribution in [1.29, 1.82) is 0 Å². The van der Waals surface area contributed by atoms with Gasteiger partial charge in [0.15, 0.2) is 5.96 Å². The highest BCUT2D eigenvalue weighted by Gasteiger charge is 2.18. The Labute approximate surface area is 157 Å². The van der Waals surface area contributed by atoms with Crippen molar-refractivity contribution in [2.75, 3.05) is 13.1 Å². The molecule has 1 aromatic rings. The van der Waals surface area contributed by atoms with E-state index in [4.69, 9.17) is 0 Å². The molecule has 7 heteroatoms. The summed E-state index contributed by atoms with van der Waals surface area (Å²) in [5, 5.41) is 10.8. The van der Waals surface area contributed by atoms with Crippen molar-refractivity contribution < 1.29 is 0 Å². The van der Waals surface area contributed by atoms with E-state index in [0.717, 1.165) is 36.7 Å². The molecule has 1 saturated carbocycles. The summed E-state index contributed by atoms with van der Waals surface area (Å²) in [5.41, 5.74) is 0. The molecule has 0 amide bonds. The smallest absolute Gasteiger partial charge is 0.191 e. The van der Waals surface area contributed by atoms with Gasteiger partial charge >= 0.3 is 0 Å². The highest BCUT2D eigenvalue weighted by molar-refractivity contribution is 14.0. The van der Waals surface area contributed by atoms with Gasteiger partial charge in [0.2, 0.25) is 0 Å². The number of aliphatic imine (C=N–C) groups is 1. The van der Waals surface area contributed by atoms with Crippen LogP contribution in [-0.2, 0) is 13.6 Å². The van der Waals surface area contributed by atoms with Gasteiger partial charge in [0.1, 0.15) is 18.7 Å². The summed E-state index contributed by atoms with van der Waals surface area (Å²) in [6, 6.07) is 0. The minimum atomic E-state index is 0. The predicted molar refractivity (Wildman–Crippen MR) is 105 cm³/mol. The van der Waals surface area contributed by atoms with Crippen molar-refractivity contribution in [3.8, 4) is 0 Å². The standard InChI is InChI=1S/C16H30N6.HI/c1-4-17-16(19-11-15-20-12-21-22(15)3)18-9-8-14-7-5-6-13(2)10-14;/h12-14H,4-11H2,1-3H3,(H2,17,18,19);1H. The summed E-state index contributed by atoms with van der Waals surface area (Å²) < 4.78 is 1.76. The third-order valence-corrected chi connectivity index (χ3v) is 4.42. The predicted octanol–water partition coefficient (Wildman–Crippen LogP) is 2.70. The van der Waals surface area contributed by atoms with E-state index in [0.29, 0.717) is 6.54 Å². The minimum Gasteiger partial charge on any atom is -0.357 e. The Morgan fingerprint density at radius 2 is 2.22 bits per heavy atom. The number of hydrogen-bond acceptors (Lipinski definition) is 3. The first-order valence-electron chi connectivity index (χ1n) is 8.54. The van der Waals surface area contributed by atoms with Crippen molar-refractivity contribution in [3.05, 3.63) is 12.2 Å². The zero-order chi connectivity index (χ0) is 15.8. The fraction of sp³-hybridized carbons (Fsp3) is 0.812. The van der Waals surface area contributed by atoms with Crippen LogP contribution in [0.1, 0.15) is 51.8 Å². The number of guanidine groups is 1. The Hall–Kier alpha value is -0.860. The van der Waals surface area contributed by atoms with Crippen LogP contribution >= 0.6 is 24.0 Å². The van der Waals surface area contributed by atoms with E-state index in [1.54, 1.807) is 11.0 Å². The van der Waals surface area contributed by atoms with Crippen LogP contribution in [0.3, 0.4) is 0 Å². The molecule has 23 heavy (non-hydrogen) atoms. The Balaban J connectivity index is 0.00000264. The van der Waals surface area contributed by atoms with Crippen molar-refractivity contribution >= 4 is 29.9 Å². The Kier molecular flexibility index (Phi) is 9.50. The molecule has 0 radical (unpaired) electrons. The highest BCUT2D eigenvalue weighted by atomic mass is 127. The zero-order valence-corrected chi connectivity index (χ0v) is 16.9. The van der Waals surface area contributed by atoms with Crippen LogP contribution in [0.5, 0.6) is 0 Å². The molecule has 0 spiro atoms. The van der Waals surface area contributed by atoms with E-state index in [1.807, 2.05) is 7.05 Å². The summed E-state index contributed by atoms with van der Waals surface area (Å²) >= 11 is 0. The van der Waals surface area contributed by atoms with E-state index in [2.05, 4.69) is 39.6 Å². The molecule has 1 aliphatic carbocycles. The maximum atomic E-state index is 4.59. The number of hydrogen-bond donors (Lipinski definition) is 2. The number of nitrogens with zero attached hydrogens (tertiary/aromatic N) is 4. The highest BCUT2D eigenvalue weighted by Crippen LogP contribution is 2.30. The molecule has 0 bridgehead atoms. The van der Waals surface area contributed by atoms with Gasteiger partial charge in [-0.1, -0.05) is 26.2 Å². The van der Waals surface area contributed by atoms with Crippen molar-refractivity contribution in [2.24, 2.45) is 23.9 Å². The number of aryl methyl sites for hydroxylation is 1. The van der Waals surface area contributed by atoms with Gasteiger partial charge in [-0.25, -0.2) is 9.98 Å². The molecule has 2 rings (SSSR count). The molecule has 2 unspecified atom stereocenters. The molecule has 1 heterocycles. The van der Waals surface area contributed by atoms with Crippen LogP contribution in [0.25, 0.3) is 0 Å². The quantitative estimate of drug-likeness (QED) is 0.411. The van der Waals surface area contributed by atoms with E-state index >= 15 is 0 Å². The molecule has 132 valence electrons. The fourth-order valence-corrected chi connectivity index (χ4v) is 3.17. The second kappa shape index (κ2) is 10.8. The van der Waals surface area contributed by atoms with Crippen molar-refractivity contribution in [2.45, 2.75) is 52.5 Å². The van der Waals surface area contributed by atoms with E-state index in [-0.39, 0.29) is 24.0 Å². The van der Waals surface area contributed by atoms with Crippen molar-refractivity contribution in [1.82, 2.24) is 25.4 Å². The molecule has 1 fully saturated rings. The van der Waals surface area contributed by atoms with Crippen molar-refractivity contribution in [3.63, 3.8) is 0 Å². The first kappa shape index (κ1) is 20.2. The topological polar surface area (TPSA) is 67.1 Å². The molecule has 2 atom stereocenters. The number of halogens is 1. The molecule has 0 aliphatic heterocycles. The second-order valence-electron chi connectivity index (χ2n) is 6.35. The molecular formula is C16H31IN6. The van der Waals surface area contributed by atoms with E-state index < -0.39 is 0 Å². The summed E-state index contributed by atoms with van der Waals surface area (Å²) in [5.74, 6) is 3.52. The van der Waals surface area contributed by atoms with Gasteiger partial charge in [-0.3, -0.25) is 4.68 Å². The van der Waals surface area contributed by atoms with Crippen LogP contribution in [0.4, 0.5) is 0 Å². The minimum absolute atomic E-state index is 0. The zero-order valence-electron chi connectivity index (χ0n) is 14.6. The largest absolute Gasteiger partial charge is 0.357 e. The number of aromatic nitrogens is 3. The Morgan fingerprint density at radius 1 is 1.39 bits per heavy atom. The van der Waals surface area contributed by atoms with Gasteiger partial charge in [0, 0.05) is 20.1 Å². The maximum absolute atomic E-state index is 4.59. The van der Waals surface area contributed by atoms with E-state index in [1.165, 1.54) is 32.1 Å². The lowest BCUT2D eigenvalue weighted by atomic mass is 9.81. The first-order chi connectivity index (χ1) is 10.7. The van der Waals surface area contributed by atoms with Crippen LogP contribution < -0.4 is 10.6 Å². The summed E-state index contributed by atoms with van der Waals surface area (Å²) in [6.45, 7) is 6.87. The van der Waals surface area contributed by atoms with Crippen LogP contribution in [0, 0.1) is 11.8 Å². The van der Waals surface area contributed by atoms with Gasteiger partial charge in [-0.15, -0.1) is 24.0 Å². The molecule has 0 aromatic carbocycles. The average molecular weight is 434 g/mol. The lowest BCUT2D eigenvalue weighted by Gasteiger charge is -2.26. The first-order valence-corrected chi connectivity index (χ1v) is 8.54.